The molecule has 3 heterocycles. The minimum atomic E-state index is 0.00387. The van der Waals surface area contributed by atoms with Crippen LogP contribution in [0.5, 0.6) is 5.75 Å². The highest BCUT2D eigenvalue weighted by atomic mass is 16.5. The normalized spacial score (nSPS) is 25.0. The Labute approximate surface area is 132 Å². The Morgan fingerprint density at radius 2 is 2.00 bits per heavy atom. The molecular weight excluding hydrogens is 278 g/mol. The van der Waals surface area contributed by atoms with Crippen molar-refractivity contribution in [3.05, 3.63) is 24.0 Å². The second kappa shape index (κ2) is 6.65. The van der Waals surface area contributed by atoms with Gasteiger partial charge in [-0.25, -0.2) is 4.98 Å². The molecule has 0 radical (unpaired) electrons. The van der Waals surface area contributed by atoms with Gasteiger partial charge in [-0.1, -0.05) is 0 Å². The van der Waals surface area contributed by atoms with E-state index in [1.807, 2.05) is 30.9 Å². The molecule has 0 spiro atoms. The lowest BCUT2D eigenvalue weighted by molar-refractivity contribution is 0.0745. The maximum Gasteiger partial charge on any atom is 0.276 e. The fourth-order valence-electron chi connectivity index (χ4n) is 3.47. The lowest BCUT2D eigenvalue weighted by Gasteiger charge is -2.22. The number of hydrogen-bond acceptors (Lipinski definition) is 4. The van der Waals surface area contributed by atoms with Crippen molar-refractivity contribution in [2.45, 2.75) is 32.8 Å². The van der Waals surface area contributed by atoms with Gasteiger partial charge in [0.25, 0.3) is 5.91 Å². The molecule has 0 unspecified atom stereocenters. The van der Waals surface area contributed by atoms with Crippen LogP contribution in [0.4, 0.5) is 0 Å². The van der Waals surface area contributed by atoms with E-state index in [9.17, 15) is 4.79 Å². The van der Waals surface area contributed by atoms with E-state index < -0.39 is 0 Å². The van der Waals surface area contributed by atoms with Crippen LogP contribution in [-0.4, -0.2) is 48.1 Å². The van der Waals surface area contributed by atoms with Crippen molar-refractivity contribution in [2.24, 2.45) is 11.8 Å². The van der Waals surface area contributed by atoms with Crippen LogP contribution in [0, 0.1) is 11.8 Å². The Hall–Kier alpha value is -1.62. The van der Waals surface area contributed by atoms with Crippen molar-refractivity contribution in [1.29, 1.82) is 0 Å². The summed E-state index contributed by atoms with van der Waals surface area (Å²) in [5.74, 6) is 2.03. The van der Waals surface area contributed by atoms with Crippen LogP contribution in [0.25, 0.3) is 0 Å². The number of fused-ring (bicyclic) bond motifs is 1. The van der Waals surface area contributed by atoms with Gasteiger partial charge in [0.1, 0.15) is 0 Å². The van der Waals surface area contributed by atoms with Crippen LogP contribution in [0.15, 0.2) is 18.3 Å². The van der Waals surface area contributed by atoms with Crippen molar-refractivity contribution in [3.8, 4) is 5.75 Å². The molecule has 1 amide bonds. The van der Waals surface area contributed by atoms with E-state index in [0.717, 1.165) is 39.0 Å². The highest BCUT2D eigenvalue weighted by Gasteiger charge is 2.32. The molecule has 120 valence electrons. The van der Waals surface area contributed by atoms with Crippen LogP contribution in [0.1, 0.15) is 37.2 Å². The first-order valence-electron chi connectivity index (χ1n) is 8.27. The van der Waals surface area contributed by atoms with E-state index >= 15 is 0 Å². The third kappa shape index (κ3) is 3.24. The van der Waals surface area contributed by atoms with E-state index in [1.54, 1.807) is 6.20 Å². The minimum Gasteiger partial charge on any atom is -0.489 e. The second-order valence-electron chi connectivity index (χ2n) is 6.56. The molecule has 0 saturated carbocycles. The highest BCUT2D eigenvalue weighted by molar-refractivity contribution is 5.95. The molecule has 22 heavy (non-hydrogen) atoms. The molecule has 1 aromatic heterocycles. The summed E-state index contributed by atoms with van der Waals surface area (Å²) < 4.78 is 5.74. The van der Waals surface area contributed by atoms with Crippen LogP contribution in [0.3, 0.4) is 0 Å². The molecule has 0 aliphatic carbocycles. The summed E-state index contributed by atoms with van der Waals surface area (Å²) in [5.41, 5.74) is 0.446. The molecule has 2 fully saturated rings. The number of rotatable bonds is 3. The zero-order valence-corrected chi connectivity index (χ0v) is 13.4. The Morgan fingerprint density at radius 3 is 2.64 bits per heavy atom. The summed E-state index contributed by atoms with van der Waals surface area (Å²) >= 11 is 0. The smallest absolute Gasteiger partial charge is 0.276 e. The van der Waals surface area contributed by atoms with Crippen LogP contribution in [-0.2, 0) is 0 Å². The number of amides is 1. The van der Waals surface area contributed by atoms with Gasteiger partial charge >= 0.3 is 0 Å². The number of aromatic nitrogens is 1. The molecule has 2 atom stereocenters. The number of hydrogen-bond donors (Lipinski definition) is 1. The number of nitrogens with zero attached hydrogens (tertiary/aromatic N) is 2. The van der Waals surface area contributed by atoms with Gasteiger partial charge in [0.15, 0.2) is 11.4 Å². The molecule has 2 aliphatic rings. The average Bonchev–Trinajstić information content (AvgIpc) is 2.85. The summed E-state index contributed by atoms with van der Waals surface area (Å²) in [6.07, 6.45) is 3.86. The lowest BCUT2D eigenvalue weighted by atomic mass is 9.92. The molecule has 3 rings (SSSR count). The van der Waals surface area contributed by atoms with E-state index in [2.05, 4.69) is 10.3 Å². The van der Waals surface area contributed by atoms with Gasteiger partial charge in [-0.05, 0) is 63.7 Å². The fourth-order valence-corrected chi connectivity index (χ4v) is 3.47. The average molecular weight is 303 g/mol. The van der Waals surface area contributed by atoms with Gasteiger partial charge in [0.2, 0.25) is 0 Å². The van der Waals surface area contributed by atoms with E-state index in [4.69, 9.17) is 4.74 Å². The quantitative estimate of drug-likeness (QED) is 0.927. The largest absolute Gasteiger partial charge is 0.489 e. The van der Waals surface area contributed by atoms with Gasteiger partial charge in [-0.2, -0.15) is 0 Å². The fraction of sp³-hybridized carbons (Fsp3) is 0.647. The molecule has 0 bridgehead atoms. The summed E-state index contributed by atoms with van der Waals surface area (Å²) in [6.45, 7) is 7.75. The number of likely N-dealkylation sites (tertiary alicyclic amines) is 1. The first-order chi connectivity index (χ1) is 10.6. The van der Waals surface area contributed by atoms with Crippen molar-refractivity contribution in [3.63, 3.8) is 0 Å². The SMILES string of the molecule is CC(C)Oc1cccnc1C(=O)N1CC[C@@H]2CNC[C@@H]2CC1. The molecule has 2 aliphatic heterocycles. The first kappa shape index (κ1) is 15.3. The summed E-state index contributed by atoms with van der Waals surface area (Å²) in [7, 11) is 0. The molecule has 0 aromatic carbocycles. The summed E-state index contributed by atoms with van der Waals surface area (Å²) in [4.78, 5) is 19.1. The Kier molecular flexibility index (Phi) is 4.62. The zero-order chi connectivity index (χ0) is 15.5. The third-order valence-corrected chi connectivity index (χ3v) is 4.64. The molecule has 5 heteroatoms. The van der Waals surface area contributed by atoms with Crippen molar-refractivity contribution >= 4 is 5.91 Å². The van der Waals surface area contributed by atoms with Gasteiger partial charge in [0, 0.05) is 19.3 Å². The van der Waals surface area contributed by atoms with Crippen LogP contribution < -0.4 is 10.1 Å². The van der Waals surface area contributed by atoms with Crippen molar-refractivity contribution in [2.75, 3.05) is 26.2 Å². The monoisotopic (exact) mass is 303 g/mol. The third-order valence-electron chi connectivity index (χ3n) is 4.64. The number of nitrogens with one attached hydrogen (secondary N) is 1. The van der Waals surface area contributed by atoms with Gasteiger partial charge in [-0.15, -0.1) is 0 Å². The van der Waals surface area contributed by atoms with E-state index in [-0.39, 0.29) is 12.0 Å². The molecule has 5 nitrogen and oxygen atoms in total. The van der Waals surface area contributed by atoms with Crippen LogP contribution >= 0.6 is 0 Å². The Bertz CT molecular complexity index is 518. The molecule has 1 aromatic rings. The summed E-state index contributed by atoms with van der Waals surface area (Å²) in [6, 6.07) is 3.64. The van der Waals surface area contributed by atoms with Gasteiger partial charge in [0.05, 0.1) is 6.10 Å². The van der Waals surface area contributed by atoms with Crippen molar-refractivity contribution < 1.29 is 9.53 Å². The van der Waals surface area contributed by atoms with E-state index in [0.29, 0.717) is 23.3 Å². The number of carbonyl (C=O) groups excluding carboxylic acids is 1. The van der Waals surface area contributed by atoms with Gasteiger partial charge in [-0.3, -0.25) is 4.79 Å². The zero-order valence-electron chi connectivity index (χ0n) is 13.4. The van der Waals surface area contributed by atoms with Gasteiger partial charge < -0.3 is 15.0 Å². The van der Waals surface area contributed by atoms with Crippen LogP contribution in [0.2, 0.25) is 0 Å². The predicted octanol–water partition coefficient (Wildman–Crippen LogP) is 1.94. The highest BCUT2D eigenvalue weighted by Crippen LogP contribution is 2.28. The second-order valence-corrected chi connectivity index (χ2v) is 6.56. The number of carbonyl (C=O) groups is 1. The number of ether oxygens (including phenoxy) is 1. The topological polar surface area (TPSA) is 54.5 Å². The molecular formula is C17H25N3O2. The molecule has 1 N–H and O–H groups in total. The number of pyridine rings is 1. The molecule has 2 saturated heterocycles. The maximum absolute atomic E-state index is 12.8. The Balaban J connectivity index is 1.73. The Morgan fingerprint density at radius 1 is 1.32 bits per heavy atom. The first-order valence-corrected chi connectivity index (χ1v) is 8.27. The van der Waals surface area contributed by atoms with E-state index in [1.165, 1.54) is 0 Å². The van der Waals surface area contributed by atoms with Crippen molar-refractivity contribution in [1.82, 2.24) is 15.2 Å². The summed E-state index contributed by atoms with van der Waals surface area (Å²) in [5, 5.41) is 3.46. The maximum atomic E-state index is 12.8. The standard InChI is InChI=1S/C17H25N3O2/c1-12(2)22-15-4-3-7-19-16(15)17(21)20-8-5-13-10-18-11-14(13)6-9-20/h3-4,7,12-14,18H,5-6,8-11H2,1-2H3/t13-,14+. The minimum absolute atomic E-state index is 0.00387. The predicted molar refractivity (Wildman–Crippen MR) is 85.0 cm³/mol. The lowest BCUT2D eigenvalue weighted by Crippen LogP contribution is -2.33.